The third kappa shape index (κ3) is 10.1. The maximum atomic E-state index is 10.2. The van der Waals surface area contributed by atoms with E-state index in [1.54, 1.807) is 4.57 Å². The fraction of sp³-hybridized carbons (Fsp3) is 0.212. The molecule has 0 fully saturated rings. The van der Waals surface area contributed by atoms with E-state index >= 15 is 0 Å². The molecular formula is C99H90BN3O. The highest BCUT2D eigenvalue weighted by Gasteiger charge is 2.55. The molecule has 0 amide bonds. The predicted octanol–water partition coefficient (Wildman–Crippen LogP) is 24.5. The number of hydrogen-bond donors (Lipinski definition) is 0. The van der Waals surface area contributed by atoms with Crippen LogP contribution in [0, 0.1) is 0 Å². The minimum absolute atomic E-state index is 0.00595. The average molecular weight is 1360 g/mol. The van der Waals surface area contributed by atoms with E-state index in [1.165, 1.54) is 22.3 Å². The molecule has 0 unspecified atom stereocenters. The first-order chi connectivity index (χ1) is 53.0. The highest BCUT2D eigenvalue weighted by molar-refractivity contribution is 6.99. The highest BCUT2D eigenvalue weighted by atomic mass is 16.5. The van der Waals surface area contributed by atoms with Gasteiger partial charge in [-0.1, -0.05) is 291 Å². The normalized spacial score (nSPS) is 15.1. The van der Waals surface area contributed by atoms with E-state index in [9.17, 15) is 11.0 Å². The highest BCUT2D eigenvalue weighted by Crippen LogP contribution is 2.59. The van der Waals surface area contributed by atoms with E-state index in [0.29, 0.717) is 17.2 Å². The first-order valence-corrected chi connectivity index (χ1v) is 36.8. The zero-order valence-electron chi connectivity index (χ0n) is 70.2. The van der Waals surface area contributed by atoms with Crippen LogP contribution < -0.4 is 26.0 Å². The van der Waals surface area contributed by atoms with E-state index < -0.39 is 48.4 Å². The van der Waals surface area contributed by atoms with Crippen LogP contribution in [-0.4, -0.2) is 15.8 Å². The smallest absolute Gasteiger partial charge is 0.247 e. The van der Waals surface area contributed by atoms with Crippen LogP contribution in [0.2, 0.25) is 0 Å². The quantitative estimate of drug-likeness (QED) is 0.155. The molecule has 13 aromatic carbocycles. The van der Waals surface area contributed by atoms with Crippen LogP contribution in [0.1, 0.15) is 165 Å². The zero-order valence-corrected chi connectivity index (χ0v) is 62.2. The van der Waals surface area contributed by atoms with Crippen molar-refractivity contribution in [2.75, 3.05) is 4.90 Å². The summed E-state index contributed by atoms with van der Waals surface area (Å²) >= 11 is 0. The first kappa shape index (κ1) is 56.6. The molecule has 0 aliphatic carbocycles. The molecule has 0 radical (unpaired) electrons. The Kier molecular flexibility index (Phi) is 12.6. The molecule has 0 N–H and O–H groups in total. The summed E-state index contributed by atoms with van der Waals surface area (Å²) in [5.41, 5.74) is 22.4. The molecule has 0 saturated carbocycles. The van der Waals surface area contributed by atoms with Crippen molar-refractivity contribution < 1.29 is 15.7 Å². The molecule has 2 aromatic heterocycles. The van der Waals surface area contributed by atoms with E-state index in [2.05, 4.69) is 326 Å². The molecule has 510 valence electrons. The zero-order chi connectivity index (χ0) is 78.9. The van der Waals surface area contributed by atoms with Crippen molar-refractivity contribution in [3.05, 3.63) is 323 Å². The number of para-hydroxylation sites is 4. The van der Waals surface area contributed by atoms with E-state index in [0.717, 1.165) is 122 Å². The summed E-state index contributed by atoms with van der Waals surface area (Å²) in [4.78, 5) is 2.49. The average Bonchev–Trinajstić information content (AvgIpc) is 0.680. The number of ether oxygens (including phenoxy) is 1. The third-order valence-electron chi connectivity index (χ3n) is 22.6. The molecule has 104 heavy (non-hydrogen) atoms. The van der Waals surface area contributed by atoms with Gasteiger partial charge in [0.25, 0.3) is 0 Å². The standard InChI is InChI=1S/C99H90BN3O/c1-94(2,3)65-43-48-86-76(54-65)77-55-66(95(4,5)6)44-49-87(77)101(86)70-45-47-82-80(58-70)99(78-36-24-28-40-90(78)104-91-41-29-25-37-79(91)99)81-59-71(102-84-38-26-22-34-72(84)73-35-23-27-39-85(73)102)60-89-92(81)100(82)83-46-42-63(64-50-67(96(7,8)9)53-68(51-64)97(10,11)12)52-88(83)103(89)93-74(61-30-18-16-19-31-61)56-69(98(13,14)15)57-75(93)62-32-20-17-21-33-62/h16-60H,1-15H3/i22D,23D,26D,27D,34D,35D,38D,39D. The monoisotopic (exact) mass is 1360 g/mol. The van der Waals surface area contributed by atoms with Gasteiger partial charge in [0.2, 0.25) is 6.71 Å². The summed E-state index contributed by atoms with van der Waals surface area (Å²) in [6.07, 6.45) is 0. The molecule has 5 heteroatoms. The third-order valence-corrected chi connectivity index (χ3v) is 22.6. The van der Waals surface area contributed by atoms with Gasteiger partial charge in [-0.15, -0.1) is 0 Å². The van der Waals surface area contributed by atoms with Crippen molar-refractivity contribution in [1.29, 1.82) is 0 Å². The Balaban J connectivity index is 1.09. The van der Waals surface area contributed by atoms with Crippen molar-refractivity contribution in [2.24, 2.45) is 0 Å². The summed E-state index contributed by atoms with van der Waals surface area (Å²) in [6, 6.07) is 78.9. The van der Waals surface area contributed by atoms with Crippen molar-refractivity contribution in [3.8, 4) is 56.3 Å². The van der Waals surface area contributed by atoms with Gasteiger partial charge in [0, 0.05) is 66.5 Å². The molecule has 3 aliphatic rings. The number of aromatic nitrogens is 2. The van der Waals surface area contributed by atoms with E-state index in [1.807, 2.05) is 12.1 Å². The molecule has 15 aromatic rings. The number of anilines is 3. The Morgan fingerprint density at radius 3 is 1.31 bits per heavy atom. The minimum atomic E-state index is -1.30. The fourth-order valence-electron chi connectivity index (χ4n) is 17.1. The van der Waals surface area contributed by atoms with Crippen LogP contribution >= 0.6 is 0 Å². The molecule has 18 rings (SSSR count). The number of fused-ring (bicyclic) bond motifs is 16. The summed E-state index contributed by atoms with van der Waals surface area (Å²) < 4.78 is 89.6. The fourth-order valence-corrected chi connectivity index (χ4v) is 17.1. The van der Waals surface area contributed by atoms with Gasteiger partial charge >= 0.3 is 0 Å². The van der Waals surface area contributed by atoms with Gasteiger partial charge in [0.1, 0.15) is 11.5 Å². The van der Waals surface area contributed by atoms with Gasteiger partial charge < -0.3 is 18.8 Å². The predicted molar refractivity (Wildman–Crippen MR) is 443 cm³/mol. The molecule has 3 aliphatic heterocycles. The van der Waals surface area contributed by atoms with E-state index in [4.69, 9.17) is 4.74 Å². The van der Waals surface area contributed by atoms with Gasteiger partial charge in [-0.3, -0.25) is 0 Å². The van der Waals surface area contributed by atoms with Crippen LogP contribution in [0.25, 0.3) is 88.4 Å². The van der Waals surface area contributed by atoms with Gasteiger partial charge in [0.15, 0.2) is 0 Å². The summed E-state index contributed by atoms with van der Waals surface area (Å²) in [7, 11) is 0. The minimum Gasteiger partial charge on any atom is -0.457 e. The maximum absolute atomic E-state index is 10.2. The van der Waals surface area contributed by atoms with Crippen LogP contribution in [0.15, 0.2) is 273 Å². The molecule has 0 saturated heterocycles. The van der Waals surface area contributed by atoms with Crippen LogP contribution in [0.5, 0.6) is 11.5 Å². The number of hydrogen-bond acceptors (Lipinski definition) is 2. The lowest BCUT2D eigenvalue weighted by Gasteiger charge is -2.50. The maximum Gasteiger partial charge on any atom is 0.247 e. The molecule has 4 nitrogen and oxygen atoms in total. The summed E-state index contributed by atoms with van der Waals surface area (Å²) in [5.74, 6) is 1.30. The van der Waals surface area contributed by atoms with Crippen LogP contribution in [0.3, 0.4) is 0 Å². The number of nitrogens with zero attached hydrogens (tertiary/aromatic N) is 3. The van der Waals surface area contributed by atoms with Crippen molar-refractivity contribution in [2.45, 2.75) is 136 Å². The van der Waals surface area contributed by atoms with Gasteiger partial charge in [-0.05, 0) is 190 Å². The second-order valence-electron chi connectivity index (χ2n) is 34.4. The SMILES string of the molecule is [2H]c1c([2H])c([2H])c2c(c1[2H])c1c([2H])c([2H])c([2H])c([2H])c1n2-c1cc2c3c(c1)C1(c4ccccc4Oc4ccccc41)c1cc(-n4c5ccc(C(C)(C)C)cc5c5cc(C(C)(C)C)ccc54)ccc1B3c1ccc(-c3cc(C(C)(C)C)cc(C(C)(C)C)c3)cc1N2c1c(-c2ccccc2)cc(C(C)(C)C)cc1-c1ccccc1. The topological polar surface area (TPSA) is 22.3 Å². The number of benzene rings is 13. The lowest BCUT2D eigenvalue weighted by molar-refractivity contribution is 0.435. The Morgan fingerprint density at radius 2 is 0.788 bits per heavy atom. The van der Waals surface area contributed by atoms with Crippen LogP contribution in [0.4, 0.5) is 17.1 Å². The second-order valence-corrected chi connectivity index (χ2v) is 34.4. The molecule has 5 heterocycles. The molecule has 1 spiro atoms. The molecule has 0 atom stereocenters. The Hall–Kier alpha value is -10.9. The Morgan fingerprint density at radius 1 is 0.327 bits per heavy atom. The van der Waals surface area contributed by atoms with Gasteiger partial charge in [-0.25, -0.2) is 0 Å². The van der Waals surface area contributed by atoms with Crippen molar-refractivity contribution in [3.63, 3.8) is 0 Å². The first-order valence-electron chi connectivity index (χ1n) is 40.8. The van der Waals surface area contributed by atoms with Crippen molar-refractivity contribution in [1.82, 2.24) is 9.13 Å². The lowest BCUT2D eigenvalue weighted by atomic mass is 9.29. The van der Waals surface area contributed by atoms with Gasteiger partial charge in [-0.2, -0.15) is 0 Å². The molecule has 0 bridgehead atoms. The number of rotatable bonds is 6. The van der Waals surface area contributed by atoms with Crippen molar-refractivity contribution >= 4 is 83.8 Å². The Labute approximate surface area is 625 Å². The summed E-state index contributed by atoms with van der Waals surface area (Å²) in [6.45, 7) is 33.6. The van der Waals surface area contributed by atoms with E-state index in [-0.39, 0.29) is 61.0 Å². The molecular weight excluding hydrogens is 1260 g/mol. The largest absolute Gasteiger partial charge is 0.457 e. The van der Waals surface area contributed by atoms with Gasteiger partial charge in [0.05, 0.1) is 44.1 Å². The summed E-state index contributed by atoms with van der Waals surface area (Å²) in [5, 5.41) is 2.30. The Bertz CT molecular complexity index is 6270. The lowest BCUT2D eigenvalue weighted by Crippen LogP contribution is -2.65. The second kappa shape index (κ2) is 23.1. The van der Waals surface area contributed by atoms with Crippen LogP contribution in [-0.2, 0) is 32.5 Å².